The molecule has 0 rings (SSSR count). The Morgan fingerprint density at radius 2 is 1.53 bits per heavy atom. The van der Waals surface area contributed by atoms with Crippen LogP contribution < -0.4 is 0 Å². The smallest absolute Gasteiger partial charge is 0.344 e. The number of ether oxygens (including phenoxy) is 1. The van der Waals surface area contributed by atoms with Gasteiger partial charge in [-0.1, -0.05) is 41.5 Å². The summed E-state index contributed by atoms with van der Waals surface area (Å²) in [5.74, 6) is -0.773. The molecule has 0 aromatic heterocycles. The Morgan fingerprint density at radius 1 is 1.13 bits per heavy atom. The second kappa shape index (κ2) is 4.11. The molecular formula is C12H23FO2. The maximum absolute atomic E-state index is 14.7. The van der Waals surface area contributed by atoms with E-state index in [2.05, 4.69) is 4.74 Å². The minimum atomic E-state index is -1.93. The zero-order valence-electron chi connectivity index (χ0n) is 10.9. The molecule has 0 spiro atoms. The number of methoxy groups -OCH3 is 1. The normalized spacial score (nSPS) is 17.1. The van der Waals surface area contributed by atoms with Gasteiger partial charge in [-0.15, -0.1) is 0 Å². The van der Waals surface area contributed by atoms with Gasteiger partial charge in [0.15, 0.2) is 0 Å². The fourth-order valence-corrected chi connectivity index (χ4v) is 1.54. The van der Waals surface area contributed by atoms with Crippen LogP contribution in [0.1, 0.15) is 48.0 Å². The van der Waals surface area contributed by atoms with E-state index in [0.717, 1.165) is 0 Å². The first-order valence-electron chi connectivity index (χ1n) is 5.21. The van der Waals surface area contributed by atoms with Gasteiger partial charge in [-0.3, -0.25) is 0 Å². The number of carbonyl (C=O) groups is 1. The van der Waals surface area contributed by atoms with Crippen molar-refractivity contribution in [3.05, 3.63) is 0 Å². The van der Waals surface area contributed by atoms with Gasteiger partial charge in [-0.05, 0) is 11.8 Å². The minimum Gasteiger partial charge on any atom is -0.467 e. The third-order valence-electron chi connectivity index (χ3n) is 2.47. The van der Waals surface area contributed by atoms with Crippen molar-refractivity contribution in [1.29, 1.82) is 0 Å². The maximum Gasteiger partial charge on any atom is 0.344 e. The Kier molecular flexibility index (Phi) is 3.94. The molecule has 0 aliphatic rings. The van der Waals surface area contributed by atoms with Crippen molar-refractivity contribution in [2.75, 3.05) is 7.11 Å². The van der Waals surface area contributed by atoms with Crippen molar-refractivity contribution in [2.45, 2.75) is 53.6 Å². The molecule has 0 heterocycles. The van der Waals surface area contributed by atoms with Gasteiger partial charge in [-0.25, -0.2) is 9.18 Å². The lowest BCUT2D eigenvalue weighted by molar-refractivity contribution is -0.166. The molecule has 0 saturated heterocycles. The van der Waals surface area contributed by atoms with E-state index >= 15 is 0 Å². The summed E-state index contributed by atoms with van der Waals surface area (Å²) in [5.41, 5.74) is -2.94. The lowest BCUT2D eigenvalue weighted by Gasteiger charge is -2.39. The van der Waals surface area contributed by atoms with E-state index in [1.807, 2.05) is 20.8 Å². The fourth-order valence-electron chi connectivity index (χ4n) is 1.54. The van der Waals surface area contributed by atoms with Crippen LogP contribution in [0.4, 0.5) is 4.39 Å². The molecule has 0 radical (unpaired) electrons. The van der Waals surface area contributed by atoms with Crippen molar-refractivity contribution >= 4 is 5.97 Å². The first kappa shape index (κ1) is 14.4. The zero-order chi connectivity index (χ0) is 12.5. The highest BCUT2D eigenvalue weighted by atomic mass is 19.1. The van der Waals surface area contributed by atoms with Gasteiger partial charge >= 0.3 is 5.97 Å². The SMILES string of the molecule is COC(=O)C(F)(CC(C)(C)C)C(C)(C)C. The molecule has 1 atom stereocenters. The van der Waals surface area contributed by atoms with Crippen molar-refractivity contribution in [3.8, 4) is 0 Å². The van der Waals surface area contributed by atoms with Crippen LogP contribution in [-0.2, 0) is 9.53 Å². The van der Waals surface area contributed by atoms with E-state index in [0.29, 0.717) is 0 Å². The van der Waals surface area contributed by atoms with Crippen LogP contribution >= 0.6 is 0 Å². The van der Waals surface area contributed by atoms with Gasteiger partial charge in [0.05, 0.1) is 7.11 Å². The summed E-state index contributed by atoms with van der Waals surface area (Å²) in [5, 5.41) is 0. The summed E-state index contributed by atoms with van der Waals surface area (Å²) in [7, 11) is 1.23. The first-order valence-corrected chi connectivity index (χ1v) is 5.21. The van der Waals surface area contributed by atoms with Gasteiger partial charge in [0.25, 0.3) is 0 Å². The zero-order valence-corrected chi connectivity index (χ0v) is 10.9. The molecule has 1 unspecified atom stereocenters. The highest BCUT2D eigenvalue weighted by Crippen LogP contribution is 2.43. The molecule has 2 nitrogen and oxygen atoms in total. The largest absolute Gasteiger partial charge is 0.467 e. The lowest BCUT2D eigenvalue weighted by atomic mass is 9.70. The van der Waals surface area contributed by atoms with E-state index in [4.69, 9.17) is 0 Å². The summed E-state index contributed by atoms with van der Waals surface area (Å²) in [4.78, 5) is 11.6. The predicted molar refractivity (Wildman–Crippen MR) is 59.4 cm³/mol. The molecule has 0 fully saturated rings. The summed E-state index contributed by atoms with van der Waals surface area (Å²) in [6.45, 7) is 10.9. The van der Waals surface area contributed by atoms with Crippen LogP contribution in [-0.4, -0.2) is 18.7 Å². The van der Waals surface area contributed by atoms with Gasteiger partial charge < -0.3 is 4.74 Å². The Hall–Kier alpha value is -0.600. The molecule has 15 heavy (non-hydrogen) atoms. The van der Waals surface area contributed by atoms with Crippen LogP contribution in [0.25, 0.3) is 0 Å². The molecule has 0 aromatic carbocycles. The Bertz CT molecular complexity index is 235. The Labute approximate surface area is 92.2 Å². The third-order valence-corrected chi connectivity index (χ3v) is 2.47. The van der Waals surface area contributed by atoms with E-state index < -0.39 is 17.1 Å². The molecule has 0 bridgehead atoms. The van der Waals surface area contributed by atoms with Crippen molar-refractivity contribution in [1.82, 2.24) is 0 Å². The van der Waals surface area contributed by atoms with Gasteiger partial charge in [0.1, 0.15) is 0 Å². The average Bonchev–Trinajstić information content (AvgIpc) is 1.97. The molecule has 90 valence electrons. The van der Waals surface area contributed by atoms with Crippen LogP contribution in [0.15, 0.2) is 0 Å². The highest BCUT2D eigenvalue weighted by molar-refractivity contribution is 5.80. The van der Waals surface area contributed by atoms with Crippen LogP contribution in [0.2, 0.25) is 0 Å². The second-order valence-corrected chi connectivity index (χ2v) is 6.28. The third kappa shape index (κ3) is 3.47. The molecule has 0 saturated carbocycles. The molecular weight excluding hydrogens is 195 g/mol. The van der Waals surface area contributed by atoms with Crippen molar-refractivity contribution < 1.29 is 13.9 Å². The fraction of sp³-hybridized carbons (Fsp3) is 0.917. The van der Waals surface area contributed by atoms with E-state index in [1.165, 1.54) is 7.11 Å². The van der Waals surface area contributed by atoms with Crippen LogP contribution in [0.3, 0.4) is 0 Å². The van der Waals surface area contributed by atoms with Crippen LogP contribution in [0.5, 0.6) is 0 Å². The summed E-state index contributed by atoms with van der Waals surface area (Å²) in [6.07, 6.45) is 0.163. The summed E-state index contributed by atoms with van der Waals surface area (Å²) in [6, 6.07) is 0. The molecule has 3 heteroatoms. The topological polar surface area (TPSA) is 26.3 Å². The molecule has 0 N–H and O–H groups in total. The molecule has 0 aromatic rings. The summed E-state index contributed by atoms with van der Waals surface area (Å²) >= 11 is 0. The van der Waals surface area contributed by atoms with Crippen molar-refractivity contribution in [2.24, 2.45) is 10.8 Å². The standard InChI is InChI=1S/C12H23FO2/c1-10(2,3)8-12(13,9(14)15-7)11(4,5)6/h8H2,1-7H3. The minimum absolute atomic E-state index is 0.163. The molecule has 0 aliphatic carbocycles. The maximum atomic E-state index is 14.7. The van der Waals surface area contributed by atoms with Gasteiger partial charge in [0, 0.05) is 5.41 Å². The first-order chi connectivity index (χ1) is 6.44. The second-order valence-electron chi connectivity index (χ2n) is 6.28. The number of esters is 1. The lowest BCUT2D eigenvalue weighted by Crippen LogP contribution is -2.49. The predicted octanol–water partition coefficient (Wildman–Crippen LogP) is 3.35. The van der Waals surface area contributed by atoms with Crippen LogP contribution in [0, 0.1) is 10.8 Å². The van der Waals surface area contributed by atoms with E-state index in [9.17, 15) is 9.18 Å². The molecule has 0 amide bonds. The van der Waals surface area contributed by atoms with Crippen molar-refractivity contribution in [3.63, 3.8) is 0 Å². The highest BCUT2D eigenvalue weighted by Gasteiger charge is 2.52. The Balaban J connectivity index is 5.14. The quantitative estimate of drug-likeness (QED) is 0.664. The summed E-state index contributed by atoms with van der Waals surface area (Å²) < 4.78 is 19.3. The Morgan fingerprint density at radius 3 is 1.73 bits per heavy atom. The van der Waals surface area contributed by atoms with Gasteiger partial charge in [0.2, 0.25) is 5.67 Å². The average molecular weight is 218 g/mol. The number of alkyl halides is 1. The van der Waals surface area contributed by atoms with E-state index in [1.54, 1.807) is 20.8 Å². The number of carbonyl (C=O) groups excluding carboxylic acids is 1. The number of rotatable bonds is 2. The van der Waals surface area contributed by atoms with Gasteiger partial charge in [-0.2, -0.15) is 0 Å². The number of hydrogen-bond donors (Lipinski definition) is 0. The van der Waals surface area contributed by atoms with E-state index in [-0.39, 0.29) is 11.8 Å². The number of halogens is 1. The monoisotopic (exact) mass is 218 g/mol. The number of hydrogen-bond acceptors (Lipinski definition) is 2. The molecule has 0 aliphatic heterocycles.